The number of aliphatic hydroxyl groups excluding tert-OH is 1. The van der Waals surface area contributed by atoms with Crippen LogP contribution in [0.15, 0.2) is 53.5 Å². The van der Waals surface area contributed by atoms with Crippen LogP contribution in [-0.2, 0) is 21.2 Å². The fourth-order valence-corrected chi connectivity index (χ4v) is 5.41. The molecule has 1 fully saturated rings. The lowest BCUT2D eigenvalue weighted by Gasteiger charge is -2.39. The second-order valence-corrected chi connectivity index (χ2v) is 9.88. The van der Waals surface area contributed by atoms with Gasteiger partial charge in [-0.05, 0) is 43.9 Å². The van der Waals surface area contributed by atoms with Crippen molar-refractivity contribution in [2.24, 2.45) is 4.99 Å². The predicted octanol–water partition coefficient (Wildman–Crippen LogP) is 3.60. The number of amidine groups is 1. The monoisotopic (exact) mass is 454 g/mol. The molecular formula is C21H24ClFN2O4S. The van der Waals surface area contributed by atoms with Crippen molar-refractivity contribution < 1.29 is 22.7 Å². The van der Waals surface area contributed by atoms with Gasteiger partial charge in [-0.15, -0.1) is 0 Å². The Bertz CT molecular complexity index is 1030. The molecule has 6 nitrogen and oxygen atoms in total. The highest BCUT2D eigenvalue weighted by molar-refractivity contribution is 7.90. The van der Waals surface area contributed by atoms with Gasteiger partial charge in [-0.3, -0.25) is 0 Å². The summed E-state index contributed by atoms with van der Waals surface area (Å²) in [7, 11) is -3.81. The van der Waals surface area contributed by atoms with E-state index in [1.54, 1.807) is 19.9 Å². The summed E-state index contributed by atoms with van der Waals surface area (Å²) in [6, 6.07) is 12.6. The number of nitrogens with zero attached hydrogens (tertiary/aromatic N) is 1. The van der Waals surface area contributed by atoms with Crippen LogP contribution >= 0.6 is 11.6 Å². The Kier molecular flexibility index (Phi) is 6.69. The second kappa shape index (κ2) is 8.91. The molecule has 2 N–H and O–H groups in total. The molecule has 0 aliphatic carbocycles. The minimum absolute atomic E-state index is 0.117. The summed E-state index contributed by atoms with van der Waals surface area (Å²) in [5.41, 5.74) is 0.133. The van der Waals surface area contributed by atoms with E-state index in [1.807, 2.05) is 30.3 Å². The summed E-state index contributed by atoms with van der Waals surface area (Å²) < 4.78 is 48.2. The van der Waals surface area contributed by atoms with Crippen LogP contribution in [0, 0.1) is 5.82 Å². The van der Waals surface area contributed by atoms with Gasteiger partial charge in [0.05, 0.1) is 11.1 Å². The largest absolute Gasteiger partial charge is 0.457 e. The van der Waals surface area contributed by atoms with Crippen molar-refractivity contribution >= 4 is 27.6 Å². The van der Waals surface area contributed by atoms with Crippen molar-refractivity contribution in [2.75, 3.05) is 6.61 Å². The molecule has 1 heterocycles. The SMILES string of the molecule is CC1(C)OC(=N[C@@H](CCO)c2cccc(F)c2Cl)NS(=O)(=O)C1Cc1ccccc1. The van der Waals surface area contributed by atoms with Gasteiger partial charge >= 0.3 is 0 Å². The molecule has 0 saturated carbocycles. The number of aliphatic imine (C=N–C) groups is 1. The highest BCUT2D eigenvalue weighted by Crippen LogP contribution is 2.33. The van der Waals surface area contributed by atoms with E-state index in [9.17, 15) is 17.9 Å². The van der Waals surface area contributed by atoms with Crippen LogP contribution in [0.5, 0.6) is 0 Å². The van der Waals surface area contributed by atoms with Crippen molar-refractivity contribution in [1.82, 2.24) is 4.72 Å². The second-order valence-electron chi connectivity index (χ2n) is 7.64. The van der Waals surface area contributed by atoms with Gasteiger partial charge in [-0.2, -0.15) is 0 Å². The smallest absolute Gasteiger partial charge is 0.299 e. The molecule has 2 aromatic carbocycles. The molecule has 30 heavy (non-hydrogen) atoms. The molecule has 0 radical (unpaired) electrons. The summed E-state index contributed by atoms with van der Waals surface area (Å²) in [6.45, 7) is 3.12. The zero-order valence-electron chi connectivity index (χ0n) is 16.7. The third-order valence-electron chi connectivity index (χ3n) is 5.02. The summed E-state index contributed by atoms with van der Waals surface area (Å²) in [4.78, 5) is 4.32. The average molecular weight is 455 g/mol. The third kappa shape index (κ3) is 4.94. The zero-order chi connectivity index (χ0) is 21.9. The summed E-state index contributed by atoms with van der Waals surface area (Å²) >= 11 is 6.06. The normalized spacial score (nSPS) is 22.2. The Morgan fingerprint density at radius 3 is 2.57 bits per heavy atom. The minimum atomic E-state index is -3.81. The first kappa shape index (κ1) is 22.5. The van der Waals surface area contributed by atoms with Crippen LogP contribution < -0.4 is 4.72 Å². The summed E-state index contributed by atoms with van der Waals surface area (Å²) in [5.74, 6) is -0.620. The molecule has 1 saturated heterocycles. The predicted molar refractivity (Wildman–Crippen MR) is 114 cm³/mol. The van der Waals surface area contributed by atoms with Crippen molar-refractivity contribution in [2.45, 2.75) is 43.6 Å². The molecule has 0 aromatic heterocycles. The third-order valence-corrected chi connectivity index (χ3v) is 7.36. The highest BCUT2D eigenvalue weighted by atomic mass is 35.5. The zero-order valence-corrected chi connectivity index (χ0v) is 18.3. The first-order chi connectivity index (χ1) is 14.1. The Morgan fingerprint density at radius 2 is 1.93 bits per heavy atom. The number of ether oxygens (including phenoxy) is 1. The van der Waals surface area contributed by atoms with Crippen LogP contribution in [-0.4, -0.2) is 37.0 Å². The molecule has 1 aliphatic heterocycles. The molecule has 1 unspecified atom stereocenters. The van der Waals surface area contributed by atoms with Crippen LogP contribution in [0.2, 0.25) is 5.02 Å². The van der Waals surface area contributed by atoms with Gasteiger partial charge in [0.25, 0.3) is 6.02 Å². The van der Waals surface area contributed by atoms with Crippen molar-refractivity contribution in [1.29, 1.82) is 0 Å². The van der Waals surface area contributed by atoms with E-state index in [0.717, 1.165) is 5.56 Å². The van der Waals surface area contributed by atoms with Crippen molar-refractivity contribution in [3.8, 4) is 0 Å². The molecule has 0 amide bonds. The Hall–Kier alpha value is -2.16. The number of sulfonamides is 1. The molecule has 9 heteroatoms. The molecule has 1 aliphatic rings. The van der Waals surface area contributed by atoms with E-state index in [-0.39, 0.29) is 30.5 Å². The van der Waals surface area contributed by atoms with Gasteiger partial charge in [0, 0.05) is 6.61 Å². The van der Waals surface area contributed by atoms with E-state index in [2.05, 4.69) is 9.71 Å². The van der Waals surface area contributed by atoms with Crippen LogP contribution in [0.25, 0.3) is 0 Å². The van der Waals surface area contributed by atoms with Crippen LogP contribution in [0.3, 0.4) is 0 Å². The van der Waals surface area contributed by atoms with Gasteiger partial charge < -0.3 is 9.84 Å². The number of benzene rings is 2. The average Bonchev–Trinajstić information content (AvgIpc) is 2.67. The maximum absolute atomic E-state index is 13.9. The van der Waals surface area contributed by atoms with Gasteiger partial charge in [0.1, 0.15) is 16.7 Å². The van der Waals surface area contributed by atoms with Gasteiger partial charge in [0.2, 0.25) is 10.0 Å². The molecule has 2 aromatic rings. The lowest BCUT2D eigenvalue weighted by Crippen LogP contribution is -2.59. The number of aliphatic hydroxyl groups is 1. The van der Waals surface area contributed by atoms with E-state index >= 15 is 0 Å². The first-order valence-electron chi connectivity index (χ1n) is 9.51. The Balaban J connectivity index is 1.92. The fourth-order valence-electron chi connectivity index (χ4n) is 3.47. The fraction of sp³-hybridized carbons (Fsp3) is 0.381. The lowest BCUT2D eigenvalue weighted by atomic mass is 9.97. The molecular weight excluding hydrogens is 431 g/mol. The number of halogens is 2. The Morgan fingerprint density at radius 1 is 1.23 bits per heavy atom. The van der Waals surface area contributed by atoms with Gasteiger partial charge in [-0.1, -0.05) is 54.1 Å². The first-order valence-corrected chi connectivity index (χ1v) is 11.4. The Labute approximate surface area is 180 Å². The van der Waals surface area contributed by atoms with E-state index in [1.165, 1.54) is 12.1 Å². The van der Waals surface area contributed by atoms with Crippen LogP contribution in [0.1, 0.15) is 37.4 Å². The maximum Gasteiger partial charge on any atom is 0.299 e. The van der Waals surface area contributed by atoms with Crippen molar-refractivity contribution in [3.63, 3.8) is 0 Å². The number of nitrogens with one attached hydrogen (secondary N) is 1. The van der Waals surface area contributed by atoms with E-state index < -0.39 is 32.7 Å². The van der Waals surface area contributed by atoms with Gasteiger partial charge in [0.15, 0.2) is 0 Å². The number of hydrogen-bond acceptors (Lipinski definition) is 5. The highest BCUT2D eigenvalue weighted by Gasteiger charge is 2.47. The van der Waals surface area contributed by atoms with E-state index in [4.69, 9.17) is 16.3 Å². The van der Waals surface area contributed by atoms with Crippen LogP contribution in [0.4, 0.5) is 4.39 Å². The summed E-state index contributed by atoms with van der Waals surface area (Å²) in [5, 5.41) is 8.44. The molecule has 3 rings (SSSR count). The molecule has 2 atom stereocenters. The molecule has 162 valence electrons. The molecule has 0 spiro atoms. The van der Waals surface area contributed by atoms with Crippen molar-refractivity contribution in [3.05, 3.63) is 70.5 Å². The maximum atomic E-state index is 13.9. The standard InChI is InChI=1S/C21H24ClFN2O4S/c1-21(2)18(13-14-7-4-3-5-8-14)30(27,28)25-20(29-21)24-17(11-12-26)15-9-6-10-16(23)19(15)22/h3-10,17-18,26H,11-13H2,1-2H3,(H,24,25)/t17-,18?/m0/s1. The summed E-state index contributed by atoms with van der Waals surface area (Å²) in [6.07, 6.45) is 0.387. The topological polar surface area (TPSA) is 88.0 Å². The number of hydrogen-bond donors (Lipinski definition) is 2. The lowest BCUT2D eigenvalue weighted by molar-refractivity contribution is 0.0759. The number of rotatable bonds is 6. The van der Waals surface area contributed by atoms with Gasteiger partial charge in [-0.25, -0.2) is 22.5 Å². The quantitative estimate of drug-likeness (QED) is 0.698. The molecule has 0 bridgehead atoms. The minimum Gasteiger partial charge on any atom is -0.457 e. The van der Waals surface area contributed by atoms with E-state index in [0.29, 0.717) is 5.56 Å².